The molecule has 0 unspecified atom stereocenters. The number of imide groups is 1. The zero-order valence-corrected chi connectivity index (χ0v) is 20.1. The number of ether oxygens (including phenoxy) is 2. The molecule has 8 nitrogen and oxygen atoms in total. The van der Waals surface area contributed by atoms with Gasteiger partial charge in [-0.05, 0) is 55.0 Å². The van der Waals surface area contributed by atoms with E-state index in [0.29, 0.717) is 29.6 Å². The number of hydrogen-bond acceptors (Lipinski definition) is 7. The molecule has 9 heteroatoms. The number of nitrogens with zero attached hydrogens (tertiary/aromatic N) is 2. The van der Waals surface area contributed by atoms with Gasteiger partial charge in [0.2, 0.25) is 0 Å². The molecule has 0 aromatic heterocycles. The summed E-state index contributed by atoms with van der Waals surface area (Å²) < 4.78 is 35.1. The van der Waals surface area contributed by atoms with Crippen molar-refractivity contribution in [2.75, 3.05) is 25.2 Å². The third-order valence-corrected chi connectivity index (χ3v) is 7.55. The molecule has 0 aliphatic carbocycles. The molecule has 0 radical (unpaired) electrons. The topological polar surface area (TPSA) is 114 Å². The third kappa shape index (κ3) is 5.28. The Hall–Kier alpha value is -3.12. The summed E-state index contributed by atoms with van der Waals surface area (Å²) >= 11 is 0. The molecule has 176 valence electrons. The van der Waals surface area contributed by atoms with Crippen molar-refractivity contribution in [2.45, 2.75) is 39.7 Å². The summed E-state index contributed by atoms with van der Waals surface area (Å²) in [5.74, 6) is -0.149. The second kappa shape index (κ2) is 9.79. The van der Waals surface area contributed by atoms with Crippen molar-refractivity contribution in [3.8, 4) is 17.6 Å². The van der Waals surface area contributed by atoms with E-state index >= 15 is 0 Å². The van der Waals surface area contributed by atoms with Crippen molar-refractivity contribution in [3.63, 3.8) is 0 Å². The molecule has 2 amide bonds. The lowest BCUT2D eigenvalue weighted by Gasteiger charge is -2.31. The van der Waals surface area contributed by atoms with Gasteiger partial charge in [0.1, 0.15) is 11.6 Å². The van der Waals surface area contributed by atoms with Crippen molar-refractivity contribution in [2.24, 2.45) is 5.92 Å². The van der Waals surface area contributed by atoms with Crippen LogP contribution in [0, 0.1) is 17.2 Å². The lowest BCUT2D eigenvalue weighted by atomic mass is 9.92. The summed E-state index contributed by atoms with van der Waals surface area (Å²) in [7, 11) is -1.81. The molecule has 33 heavy (non-hydrogen) atoms. The van der Waals surface area contributed by atoms with E-state index in [1.165, 1.54) is 7.11 Å². The van der Waals surface area contributed by atoms with Gasteiger partial charge in [-0.15, -0.1) is 0 Å². The Bertz CT molecular complexity index is 1170. The quantitative estimate of drug-likeness (QED) is 0.443. The second-order valence-electron chi connectivity index (χ2n) is 8.65. The highest BCUT2D eigenvalue weighted by Gasteiger charge is 2.43. The fraction of sp³-hybridized carbons (Fsp3) is 0.458. The monoisotopic (exact) mass is 472 g/mol. The first-order valence-corrected chi connectivity index (χ1v) is 12.6. The Labute approximate surface area is 194 Å². The molecule has 2 heterocycles. The van der Waals surface area contributed by atoms with Crippen molar-refractivity contribution in [3.05, 3.63) is 40.5 Å². The normalized spacial score (nSPS) is 21.6. The Morgan fingerprint density at radius 2 is 1.97 bits per heavy atom. The van der Waals surface area contributed by atoms with Gasteiger partial charge in [-0.25, -0.2) is 8.42 Å². The highest BCUT2D eigenvalue weighted by molar-refractivity contribution is 7.91. The molecule has 0 bridgehead atoms. The molecule has 1 aromatic carbocycles. The maximum atomic E-state index is 13.3. The van der Waals surface area contributed by atoms with Crippen LogP contribution in [0.4, 0.5) is 0 Å². The van der Waals surface area contributed by atoms with Crippen LogP contribution in [0.3, 0.4) is 0 Å². The number of hydrogen-bond donors (Lipinski definition) is 0. The molecule has 0 N–H and O–H groups in total. The van der Waals surface area contributed by atoms with Crippen LogP contribution < -0.4 is 9.47 Å². The molecule has 2 aliphatic rings. The lowest BCUT2D eigenvalue weighted by Crippen LogP contribution is -2.49. The maximum absolute atomic E-state index is 13.3. The SMILES string of the molecule is COc1cc(/C=C2/C(=O)N([C@H]3CCS(=O)(=O)C3)C(=O)C(C#N)=C2C)ccc1OCCC(C)C. The zero-order valence-electron chi connectivity index (χ0n) is 19.3. The van der Waals surface area contributed by atoms with Gasteiger partial charge >= 0.3 is 0 Å². The minimum Gasteiger partial charge on any atom is -0.493 e. The summed E-state index contributed by atoms with van der Waals surface area (Å²) in [6, 6.07) is 6.32. The zero-order chi connectivity index (χ0) is 24.3. The van der Waals surface area contributed by atoms with E-state index in [4.69, 9.17) is 9.47 Å². The van der Waals surface area contributed by atoms with Crippen molar-refractivity contribution >= 4 is 27.7 Å². The molecule has 2 aliphatic heterocycles. The lowest BCUT2D eigenvalue weighted by molar-refractivity contribution is -0.142. The molecule has 0 saturated carbocycles. The molecule has 0 spiro atoms. The van der Waals surface area contributed by atoms with E-state index in [9.17, 15) is 23.3 Å². The molecular formula is C24H28N2O6S. The number of nitriles is 1. The van der Waals surface area contributed by atoms with E-state index in [1.807, 2.05) is 6.07 Å². The van der Waals surface area contributed by atoms with Gasteiger partial charge in [0, 0.05) is 5.57 Å². The Balaban J connectivity index is 1.97. The maximum Gasteiger partial charge on any atom is 0.271 e. The number of methoxy groups -OCH3 is 1. The number of rotatable bonds is 7. The average molecular weight is 473 g/mol. The van der Waals surface area contributed by atoms with Gasteiger partial charge in [-0.2, -0.15) is 5.26 Å². The van der Waals surface area contributed by atoms with E-state index in [1.54, 1.807) is 31.2 Å². The van der Waals surface area contributed by atoms with E-state index in [2.05, 4.69) is 13.8 Å². The van der Waals surface area contributed by atoms with Crippen molar-refractivity contribution in [1.82, 2.24) is 4.90 Å². The molecule has 1 saturated heterocycles. The van der Waals surface area contributed by atoms with E-state index in [0.717, 1.165) is 11.3 Å². The van der Waals surface area contributed by atoms with Gasteiger partial charge in [0.15, 0.2) is 21.3 Å². The molecule has 1 aromatic rings. The molecule has 3 rings (SSSR count). The molecule has 1 atom stereocenters. The largest absolute Gasteiger partial charge is 0.493 e. The highest BCUT2D eigenvalue weighted by atomic mass is 32.2. The van der Waals surface area contributed by atoms with Crippen LogP contribution in [-0.4, -0.2) is 56.4 Å². The van der Waals surface area contributed by atoms with Crippen LogP contribution >= 0.6 is 0 Å². The number of amides is 2. The fourth-order valence-electron chi connectivity index (χ4n) is 3.87. The Morgan fingerprint density at radius 3 is 2.55 bits per heavy atom. The predicted molar refractivity (Wildman–Crippen MR) is 123 cm³/mol. The van der Waals surface area contributed by atoms with Gasteiger partial charge in [0.25, 0.3) is 11.8 Å². The van der Waals surface area contributed by atoms with E-state index < -0.39 is 27.7 Å². The van der Waals surface area contributed by atoms with Crippen molar-refractivity contribution in [1.29, 1.82) is 5.26 Å². The van der Waals surface area contributed by atoms with Gasteiger partial charge in [-0.3, -0.25) is 14.5 Å². The fourth-order valence-corrected chi connectivity index (χ4v) is 5.57. The van der Waals surface area contributed by atoms with Gasteiger partial charge in [0.05, 0.1) is 31.3 Å². The summed E-state index contributed by atoms with van der Waals surface area (Å²) in [5.41, 5.74) is 0.897. The minimum atomic E-state index is -3.33. The number of carbonyl (C=O) groups excluding carboxylic acids is 2. The van der Waals surface area contributed by atoms with Crippen molar-refractivity contribution < 1.29 is 27.5 Å². The number of carbonyl (C=O) groups is 2. The smallest absolute Gasteiger partial charge is 0.271 e. The first kappa shape index (κ1) is 24.5. The summed E-state index contributed by atoms with van der Waals surface area (Å²) in [6.45, 7) is 6.31. The Morgan fingerprint density at radius 1 is 1.24 bits per heavy atom. The van der Waals surface area contributed by atoms with E-state index in [-0.39, 0.29) is 34.6 Å². The summed E-state index contributed by atoms with van der Waals surface area (Å²) in [4.78, 5) is 27.0. The van der Waals surface area contributed by atoms with Crippen LogP contribution in [0.25, 0.3) is 6.08 Å². The van der Waals surface area contributed by atoms with Gasteiger partial charge < -0.3 is 9.47 Å². The minimum absolute atomic E-state index is 0.0895. The highest BCUT2D eigenvalue weighted by Crippen LogP contribution is 2.33. The average Bonchev–Trinajstić information content (AvgIpc) is 3.11. The number of sulfone groups is 1. The van der Waals surface area contributed by atoms with Crippen LogP contribution in [-0.2, 0) is 19.4 Å². The third-order valence-electron chi connectivity index (χ3n) is 5.80. The summed E-state index contributed by atoms with van der Waals surface area (Å²) in [6.07, 6.45) is 2.64. The Kier molecular flexibility index (Phi) is 7.28. The van der Waals surface area contributed by atoms with Crippen LogP contribution in [0.5, 0.6) is 11.5 Å². The second-order valence-corrected chi connectivity index (χ2v) is 10.9. The number of benzene rings is 1. The summed E-state index contributed by atoms with van der Waals surface area (Å²) in [5, 5.41) is 9.56. The van der Waals surface area contributed by atoms with Crippen LogP contribution in [0.1, 0.15) is 39.2 Å². The first-order chi connectivity index (χ1) is 15.6. The molecular weight excluding hydrogens is 444 g/mol. The van der Waals surface area contributed by atoms with Gasteiger partial charge in [-0.1, -0.05) is 19.9 Å². The van der Waals surface area contributed by atoms with Crippen LogP contribution in [0.2, 0.25) is 0 Å². The first-order valence-electron chi connectivity index (χ1n) is 10.8. The standard InChI is InChI=1S/C24H28N2O6S/c1-15(2)7-9-32-21-6-5-17(12-22(21)31-4)11-19-16(3)20(13-25)24(28)26(23(19)27)18-8-10-33(29,30)14-18/h5-6,11-12,15,18H,7-10,14H2,1-4H3/b19-11+/t18-/m0/s1. The predicted octanol–water partition coefficient (Wildman–Crippen LogP) is 2.90. The van der Waals surface area contributed by atoms with Crippen LogP contribution in [0.15, 0.2) is 34.9 Å². The molecule has 1 fully saturated rings.